The molecule has 2 heterocycles. The fourth-order valence-electron chi connectivity index (χ4n) is 3.58. The van der Waals surface area contributed by atoms with Gasteiger partial charge in [-0.15, -0.1) is 0 Å². The molecule has 8 heteroatoms. The van der Waals surface area contributed by atoms with E-state index in [1.54, 1.807) is 11.8 Å². The van der Waals surface area contributed by atoms with Gasteiger partial charge < -0.3 is 20.2 Å². The van der Waals surface area contributed by atoms with Gasteiger partial charge in [-0.25, -0.2) is 8.78 Å². The molecule has 136 valence electrons. The van der Waals surface area contributed by atoms with Gasteiger partial charge in [0, 0.05) is 44.3 Å². The topological polar surface area (TPSA) is 72.9 Å². The highest BCUT2D eigenvalue weighted by atomic mass is 19.1. The third kappa shape index (κ3) is 2.95. The predicted molar refractivity (Wildman–Crippen MR) is 89.4 cm³/mol. The van der Waals surface area contributed by atoms with Crippen molar-refractivity contribution in [1.82, 2.24) is 5.32 Å². The van der Waals surface area contributed by atoms with Crippen LogP contribution in [0.4, 0.5) is 20.2 Å². The normalized spacial score (nSPS) is 23.6. The fourth-order valence-corrected chi connectivity index (χ4v) is 3.58. The van der Waals surface area contributed by atoms with Crippen LogP contribution in [0.15, 0.2) is 6.07 Å². The third-order valence-electron chi connectivity index (χ3n) is 4.83. The van der Waals surface area contributed by atoms with E-state index in [1.807, 2.05) is 6.92 Å². The van der Waals surface area contributed by atoms with E-state index in [4.69, 9.17) is 0 Å². The van der Waals surface area contributed by atoms with Gasteiger partial charge in [0.05, 0.1) is 5.69 Å². The number of anilines is 2. The van der Waals surface area contributed by atoms with Crippen molar-refractivity contribution in [3.63, 3.8) is 0 Å². The summed E-state index contributed by atoms with van der Waals surface area (Å²) in [6.07, 6.45) is 0. The highest BCUT2D eigenvalue weighted by molar-refractivity contribution is 6.13. The largest absolute Gasteiger partial charge is 0.481 e. The molecule has 0 aliphatic carbocycles. The van der Waals surface area contributed by atoms with Crippen molar-refractivity contribution >= 4 is 23.1 Å². The minimum absolute atomic E-state index is 0.00702. The van der Waals surface area contributed by atoms with E-state index in [2.05, 4.69) is 5.32 Å². The van der Waals surface area contributed by atoms with E-state index >= 15 is 4.39 Å². The highest BCUT2D eigenvalue weighted by Gasteiger charge is 2.40. The first kappa shape index (κ1) is 17.6. The number of nitrogens with one attached hydrogen (secondary N) is 1. The maximum absolute atomic E-state index is 15.2. The molecule has 1 aromatic rings. The van der Waals surface area contributed by atoms with Crippen molar-refractivity contribution in [2.45, 2.75) is 19.9 Å². The van der Waals surface area contributed by atoms with Crippen LogP contribution >= 0.6 is 0 Å². The van der Waals surface area contributed by atoms with Gasteiger partial charge in [-0.05, 0) is 19.9 Å². The van der Waals surface area contributed by atoms with E-state index in [9.17, 15) is 19.1 Å². The van der Waals surface area contributed by atoms with Gasteiger partial charge in [-0.2, -0.15) is 0 Å². The number of piperazine rings is 1. The van der Waals surface area contributed by atoms with Gasteiger partial charge in [0.2, 0.25) is 0 Å². The number of fused-ring (bicyclic) bond motifs is 1. The number of carbonyl (C=O) groups excluding carboxylic acids is 1. The smallest absolute Gasteiger partial charge is 0.316 e. The van der Waals surface area contributed by atoms with E-state index in [-0.39, 0.29) is 29.5 Å². The number of carboxylic acid groups (broad SMARTS) is 1. The number of carboxylic acids is 1. The predicted octanol–water partition coefficient (Wildman–Crippen LogP) is 1.49. The zero-order valence-electron chi connectivity index (χ0n) is 14.2. The lowest BCUT2D eigenvalue weighted by atomic mass is 9.90. The number of aliphatic carboxylic acids is 1. The Balaban J connectivity index is 2.12. The molecule has 0 bridgehead atoms. The molecule has 0 radical (unpaired) electrons. The molecule has 6 nitrogen and oxygen atoms in total. The molecule has 0 saturated carbocycles. The van der Waals surface area contributed by atoms with Crippen LogP contribution in [0.2, 0.25) is 0 Å². The van der Waals surface area contributed by atoms with Crippen molar-refractivity contribution in [2.75, 3.05) is 42.5 Å². The number of hydrogen-bond acceptors (Lipinski definition) is 5. The summed E-state index contributed by atoms with van der Waals surface area (Å²) in [5.74, 6) is -4.96. The highest BCUT2D eigenvalue weighted by Crippen LogP contribution is 2.39. The maximum Gasteiger partial charge on any atom is 0.316 e. The van der Waals surface area contributed by atoms with Crippen LogP contribution in [0.3, 0.4) is 0 Å². The van der Waals surface area contributed by atoms with Gasteiger partial charge in [-0.1, -0.05) is 0 Å². The Labute approximate surface area is 144 Å². The van der Waals surface area contributed by atoms with Crippen LogP contribution in [-0.2, 0) is 4.79 Å². The Morgan fingerprint density at radius 3 is 2.68 bits per heavy atom. The zero-order valence-corrected chi connectivity index (χ0v) is 14.2. The number of rotatable bonds is 3. The van der Waals surface area contributed by atoms with Crippen molar-refractivity contribution in [1.29, 1.82) is 0 Å². The van der Waals surface area contributed by atoms with Crippen LogP contribution in [0.25, 0.3) is 0 Å². The number of benzene rings is 1. The molecule has 0 aromatic heterocycles. The molecule has 2 aliphatic rings. The van der Waals surface area contributed by atoms with Crippen molar-refractivity contribution in [3.05, 3.63) is 23.3 Å². The lowest BCUT2D eigenvalue weighted by molar-refractivity contribution is -0.139. The second-order valence-corrected chi connectivity index (χ2v) is 6.51. The average molecular weight is 353 g/mol. The summed E-state index contributed by atoms with van der Waals surface area (Å²) in [4.78, 5) is 26.8. The number of halogens is 2. The summed E-state index contributed by atoms with van der Waals surface area (Å²) in [5, 5.41) is 12.4. The monoisotopic (exact) mass is 353 g/mol. The Hall–Kier alpha value is -2.22. The third-order valence-corrected chi connectivity index (χ3v) is 4.83. The van der Waals surface area contributed by atoms with E-state index in [1.165, 1.54) is 4.90 Å². The van der Waals surface area contributed by atoms with Gasteiger partial charge in [0.25, 0.3) is 0 Å². The van der Waals surface area contributed by atoms with E-state index in [0.29, 0.717) is 26.2 Å². The molecule has 1 fully saturated rings. The quantitative estimate of drug-likeness (QED) is 0.802. The van der Waals surface area contributed by atoms with Crippen LogP contribution in [-0.4, -0.2) is 55.6 Å². The Morgan fingerprint density at radius 2 is 2.08 bits per heavy atom. The van der Waals surface area contributed by atoms with Gasteiger partial charge in [0.1, 0.15) is 17.4 Å². The maximum atomic E-state index is 15.2. The SMILES string of the molecule is CCN1C[C@H](C(=O)O)C(=O)c2cc(F)c(N3CCN[C@@H](C)C3)c(F)c21. The first-order valence-electron chi connectivity index (χ1n) is 8.37. The molecule has 25 heavy (non-hydrogen) atoms. The Morgan fingerprint density at radius 1 is 1.36 bits per heavy atom. The Bertz CT molecular complexity index is 726. The first-order valence-corrected chi connectivity index (χ1v) is 8.37. The van der Waals surface area contributed by atoms with Crippen LogP contribution in [0.1, 0.15) is 24.2 Å². The van der Waals surface area contributed by atoms with Crippen molar-refractivity contribution in [2.24, 2.45) is 5.92 Å². The molecule has 0 spiro atoms. The van der Waals surface area contributed by atoms with Crippen molar-refractivity contribution < 1.29 is 23.5 Å². The lowest BCUT2D eigenvalue weighted by Crippen LogP contribution is -2.50. The van der Waals surface area contributed by atoms with Crippen LogP contribution < -0.4 is 15.1 Å². The summed E-state index contributed by atoms with van der Waals surface area (Å²) in [6, 6.07) is 1.07. The van der Waals surface area contributed by atoms with Crippen molar-refractivity contribution in [3.8, 4) is 0 Å². The molecule has 1 aromatic carbocycles. The average Bonchev–Trinajstić information content (AvgIpc) is 2.55. The number of nitrogens with zero attached hydrogens (tertiary/aromatic N) is 2. The number of hydrogen-bond donors (Lipinski definition) is 2. The summed E-state index contributed by atoms with van der Waals surface area (Å²) in [5.41, 5.74) is -0.331. The minimum atomic E-state index is -1.31. The van der Waals surface area contributed by atoms with E-state index < -0.39 is 29.3 Å². The number of Topliss-reactive ketones (excluding diaryl/α,β-unsaturated/α-hetero) is 1. The van der Waals surface area contributed by atoms with Crippen LogP contribution in [0.5, 0.6) is 0 Å². The van der Waals surface area contributed by atoms with Gasteiger partial charge in [0.15, 0.2) is 11.6 Å². The molecule has 2 aliphatic heterocycles. The molecule has 1 saturated heterocycles. The Kier molecular flexibility index (Phi) is 4.64. The van der Waals surface area contributed by atoms with Gasteiger partial charge in [-0.3, -0.25) is 9.59 Å². The summed E-state index contributed by atoms with van der Waals surface area (Å²) in [7, 11) is 0. The second-order valence-electron chi connectivity index (χ2n) is 6.51. The molecule has 2 atom stereocenters. The summed E-state index contributed by atoms with van der Waals surface area (Å²) < 4.78 is 29.9. The molecule has 0 amide bonds. The molecule has 2 N–H and O–H groups in total. The van der Waals surface area contributed by atoms with E-state index in [0.717, 1.165) is 6.07 Å². The number of carbonyl (C=O) groups is 2. The minimum Gasteiger partial charge on any atom is -0.481 e. The number of ketones is 1. The lowest BCUT2D eigenvalue weighted by Gasteiger charge is -2.37. The van der Waals surface area contributed by atoms with Crippen LogP contribution in [0, 0.1) is 17.6 Å². The van der Waals surface area contributed by atoms with Gasteiger partial charge >= 0.3 is 5.97 Å². The summed E-state index contributed by atoms with van der Waals surface area (Å²) in [6.45, 7) is 5.39. The molecule has 0 unspecified atom stereocenters. The molecule has 3 rings (SSSR count). The first-order chi connectivity index (χ1) is 11.8. The molecular formula is C17H21F2N3O3. The zero-order chi connectivity index (χ0) is 18.3. The molecular weight excluding hydrogens is 332 g/mol. The standard InChI is InChI=1S/C17H21F2N3O3/c1-3-21-8-11(17(24)25)16(23)10-6-12(18)15(13(19)14(10)21)22-5-4-20-9(2)7-22/h6,9,11,20H,3-5,7-8H2,1-2H3,(H,24,25)/t9-,11-/m0/s1. The summed E-state index contributed by atoms with van der Waals surface area (Å²) >= 11 is 0. The fraction of sp³-hybridized carbons (Fsp3) is 0.529. The second kappa shape index (κ2) is 6.59.